The van der Waals surface area contributed by atoms with Crippen LogP contribution in [0.4, 0.5) is 0 Å². The normalized spacial score (nSPS) is 11.8. The molecule has 14 rings (SSSR count). The SMILES string of the molecule is c1ccc(-c2nc3ccc(-c4cc(-n5c6ccccc6c6cc7c8c9ccccc9c(-c9ccccc9)cc8n(-c8ccccc8)c7cc65)c5ccccc5c4)cc3nc2-c2ccccc2)cc1. The zero-order valence-electron chi connectivity index (χ0n) is 36.9. The summed E-state index contributed by atoms with van der Waals surface area (Å²) in [6.45, 7) is 0. The fraction of sp³-hybridized carbons (Fsp3) is 0. The fourth-order valence-electron chi connectivity index (χ4n) is 10.8. The van der Waals surface area contributed by atoms with Crippen molar-refractivity contribution in [2.45, 2.75) is 0 Å². The molecule has 0 bridgehead atoms. The minimum absolute atomic E-state index is 0.853. The summed E-state index contributed by atoms with van der Waals surface area (Å²) in [6.07, 6.45) is 0. The zero-order chi connectivity index (χ0) is 44.7. The van der Waals surface area contributed by atoms with Gasteiger partial charge >= 0.3 is 0 Å². The van der Waals surface area contributed by atoms with Gasteiger partial charge in [0, 0.05) is 43.7 Å². The Labute approximate surface area is 392 Å². The van der Waals surface area contributed by atoms with Gasteiger partial charge < -0.3 is 9.13 Å². The van der Waals surface area contributed by atoms with Gasteiger partial charge in [-0.05, 0) is 99.1 Å². The topological polar surface area (TPSA) is 35.6 Å². The van der Waals surface area contributed by atoms with E-state index in [9.17, 15) is 0 Å². The van der Waals surface area contributed by atoms with Crippen molar-refractivity contribution in [1.82, 2.24) is 19.1 Å². The largest absolute Gasteiger partial charge is 0.309 e. The first-order chi connectivity index (χ1) is 33.7. The molecule has 0 atom stereocenters. The monoisotopic (exact) mass is 864 g/mol. The standard InChI is InChI=1S/C64H40N4/c1-5-19-41(20-6-1)52-39-61-62(51-31-16-15-29-49(51)52)54-38-53-50-30-17-18-32-57(50)68(59(53)40-60(54)67(61)47-26-11-4-12-27-47)58-37-46(35-45-25-13-14-28-48(45)58)44-33-34-55-56(36-44)66-64(43-23-9-3-10-24-43)63(65-55)42-21-7-2-8-22-42/h1-40H. The molecular weight excluding hydrogens is 825 g/mol. The molecule has 0 saturated heterocycles. The van der Waals surface area contributed by atoms with Gasteiger partial charge in [0.25, 0.3) is 0 Å². The van der Waals surface area contributed by atoms with E-state index < -0.39 is 0 Å². The van der Waals surface area contributed by atoms with Gasteiger partial charge in [-0.1, -0.05) is 182 Å². The van der Waals surface area contributed by atoms with Gasteiger partial charge in [-0.3, -0.25) is 0 Å². The quantitative estimate of drug-likeness (QED) is 0.167. The lowest BCUT2D eigenvalue weighted by Gasteiger charge is -2.16. The number of hydrogen-bond acceptors (Lipinski definition) is 2. The summed E-state index contributed by atoms with van der Waals surface area (Å²) in [5.41, 5.74) is 17.1. The Bertz CT molecular complexity index is 4290. The molecule has 4 nitrogen and oxygen atoms in total. The van der Waals surface area contributed by atoms with Crippen LogP contribution in [0.25, 0.3) is 132 Å². The van der Waals surface area contributed by atoms with E-state index in [0.717, 1.165) is 72.6 Å². The molecule has 316 valence electrons. The summed E-state index contributed by atoms with van der Waals surface area (Å²) in [7, 11) is 0. The third kappa shape index (κ3) is 5.94. The molecule has 0 amide bonds. The predicted molar refractivity (Wildman–Crippen MR) is 285 cm³/mol. The highest BCUT2D eigenvalue weighted by Crippen LogP contribution is 2.45. The lowest BCUT2D eigenvalue weighted by Crippen LogP contribution is -1.98. The minimum Gasteiger partial charge on any atom is -0.309 e. The van der Waals surface area contributed by atoms with E-state index >= 15 is 0 Å². The van der Waals surface area contributed by atoms with Crippen LogP contribution in [0.15, 0.2) is 243 Å². The van der Waals surface area contributed by atoms with Crippen LogP contribution in [-0.2, 0) is 0 Å². The van der Waals surface area contributed by atoms with Crippen LogP contribution in [0, 0.1) is 0 Å². The summed E-state index contributed by atoms with van der Waals surface area (Å²) in [6, 6.07) is 87.5. The predicted octanol–water partition coefficient (Wildman–Crippen LogP) is 16.8. The minimum atomic E-state index is 0.853. The van der Waals surface area contributed by atoms with E-state index in [2.05, 4.69) is 240 Å². The molecule has 0 radical (unpaired) electrons. The maximum atomic E-state index is 5.38. The first kappa shape index (κ1) is 38.2. The van der Waals surface area contributed by atoms with Crippen LogP contribution < -0.4 is 0 Å². The molecule has 0 unspecified atom stereocenters. The number of nitrogens with zero attached hydrogens (tertiary/aromatic N) is 4. The van der Waals surface area contributed by atoms with Crippen molar-refractivity contribution < 1.29 is 0 Å². The highest BCUT2D eigenvalue weighted by Gasteiger charge is 2.23. The highest BCUT2D eigenvalue weighted by atomic mass is 15.0. The van der Waals surface area contributed by atoms with Gasteiger partial charge in [0.15, 0.2) is 0 Å². The summed E-state index contributed by atoms with van der Waals surface area (Å²) < 4.78 is 4.97. The lowest BCUT2D eigenvalue weighted by atomic mass is 9.94. The van der Waals surface area contributed by atoms with Crippen molar-refractivity contribution in [3.63, 3.8) is 0 Å². The molecule has 3 heterocycles. The van der Waals surface area contributed by atoms with E-state index in [1.807, 2.05) is 12.1 Å². The molecule has 0 N–H and O–H groups in total. The number of rotatable bonds is 6. The molecule has 4 heteroatoms. The van der Waals surface area contributed by atoms with Crippen molar-refractivity contribution in [2.24, 2.45) is 0 Å². The van der Waals surface area contributed by atoms with Gasteiger partial charge in [0.05, 0.1) is 50.2 Å². The molecule has 68 heavy (non-hydrogen) atoms. The van der Waals surface area contributed by atoms with Crippen molar-refractivity contribution in [2.75, 3.05) is 0 Å². The summed E-state index contributed by atoms with van der Waals surface area (Å²) in [5.74, 6) is 0. The van der Waals surface area contributed by atoms with E-state index in [1.165, 1.54) is 59.7 Å². The van der Waals surface area contributed by atoms with Gasteiger partial charge in [-0.15, -0.1) is 0 Å². The second-order valence-corrected chi connectivity index (χ2v) is 17.7. The van der Waals surface area contributed by atoms with E-state index in [4.69, 9.17) is 9.97 Å². The third-order valence-electron chi connectivity index (χ3n) is 13.8. The van der Waals surface area contributed by atoms with Crippen LogP contribution in [0.3, 0.4) is 0 Å². The Hall–Kier alpha value is -9.12. The van der Waals surface area contributed by atoms with Gasteiger partial charge in [0.2, 0.25) is 0 Å². The number of aromatic nitrogens is 4. The average Bonchev–Trinajstić information content (AvgIpc) is 3.91. The Balaban J connectivity index is 1.04. The van der Waals surface area contributed by atoms with E-state index in [-0.39, 0.29) is 0 Å². The fourth-order valence-corrected chi connectivity index (χ4v) is 10.8. The number of benzene rings is 11. The van der Waals surface area contributed by atoms with Crippen molar-refractivity contribution >= 4 is 76.2 Å². The van der Waals surface area contributed by atoms with Crippen molar-refractivity contribution in [1.29, 1.82) is 0 Å². The number of hydrogen-bond donors (Lipinski definition) is 0. The zero-order valence-corrected chi connectivity index (χ0v) is 36.9. The Morgan fingerprint density at radius 3 is 1.57 bits per heavy atom. The number of para-hydroxylation sites is 2. The van der Waals surface area contributed by atoms with E-state index in [1.54, 1.807) is 0 Å². The molecule has 0 aliphatic heterocycles. The molecule has 0 aliphatic carbocycles. The molecule has 0 saturated carbocycles. The first-order valence-electron chi connectivity index (χ1n) is 23.2. The Morgan fingerprint density at radius 2 is 0.853 bits per heavy atom. The van der Waals surface area contributed by atoms with Crippen LogP contribution in [0.1, 0.15) is 0 Å². The van der Waals surface area contributed by atoms with Crippen molar-refractivity contribution in [3.05, 3.63) is 243 Å². The lowest BCUT2D eigenvalue weighted by molar-refractivity contribution is 1.17. The Kier molecular flexibility index (Phi) is 8.55. The summed E-state index contributed by atoms with van der Waals surface area (Å²) in [5, 5.41) is 9.77. The van der Waals surface area contributed by atoms with Crippen LogP contribution in [0.2, 0.25) is 0 Å². The molecule has 0 fully saturated rings. The molecule has 0 spiro atoms. The van der Waals surface area contributed by atoms with Crippen LogP contribution >= 0.6 is 0 Å². The maximum Gasteiger partial charge on any atom is 0.0973 e. The summed E-state index contributed by atoms with van der Waals surface area (Å²) in [4.78, 5) is 10.6. The van der Waals surface area contributed by atoms with Gasteiger partial charge in [-0.25, -0.2) is 9.97 Å². The van der Waals surface area contributed by atoms with Gasteiger partial charge in [-0.2, -0.15) is 0 Å². The van der Waals surface area contributed by atoms with Gasteiger partial charge in [0.1, 0.15) is 0 Å². The molecule has 0 aliphatic rings. The van der Waals surface area contributed by atoms with E-state index in [0.29, 0.717) is 0 Å². The second kappa shape index (κ2) is 15.2. The first-order valence-corrected chi connectivity index (χ1v) is 23.2. The molecule has 14 aromatic rings. The molecular formula is C64H40N4. The summed E-state index contributed by atoms with van der Waals surface area (Å²) >= 11 is 0. The number of fused-ring (bicyclic) bond motifs is 10. The third-order valence-corrected chi connectivity index (χ3v) is 13.8. The second-order valence-electron chi connectivity index (χ2n) is 17.7. The maximum absolute atomic E-state index is 5.38. The highest BCUT2D eigenvalue weighted by molar-refractivity contribution is 6.27. The van der Waals surface area contributed by atoms with Crippen LogP contribution in [-0.4, -0.2) is 19.1 Å². The Morgan fingerprint density at radius 1 is 0.279 bits per heavy atom. The smallest absolute Gasteiger partial charge is 0.0973 e. The van der Waals surface area contributed by atoms with Crippen LogP contribution in [0.5, 0.6) is 0 Å². The molecule has 3 aromatic heterocycles. The van der Waals surface area contributed by atoms with Crippen molar-refractivity contribution in [3.8, 4) is 56.1 Å². The average molecular weight is 865 g/mol. The molecule has 11 aromatic carbocycles.